The zero-order chi connectivity index (χ0) is 12.3. The SMILES string of the molecule is Cc1ccc(N)cc1C(C)(C#N)CC(=O)O. The first-order chi connectivity index (χ1) is 7.39. The second-order valence-electron chi connectivity index (χ2n) is 4.09. The maximum Gasteiger partial charge on any atom is 0.305 e. The molecular formula is C12H14N2O2. The molecule has 0 amide bonds. The number of aliphatic carboxylic acids is 1. The van der Waals surface area contributed by atoms with Crippen molar-refractivity contribution in [3.8, 4) is 6.07 Å². The van der Waals surface area contributed by atoms with Crippen LogP contribution in [0.3, 0.4) is 0 Å². The molecule has 0 spiro atoms. The normalized spacial score (nSPS) is 13.8. The number of benzene rings is 1. The third kappa shape index (κ3) is 2.31. The Balaban J connectivity index is 3.28. The van der Waals surface area contributed by atoms with Crippen molar-refractivity contribution in [1.29, 1.82) is 5.26 Å². The van der Waals surface area contributed by atoms with Crippen LogP contribution in [0.2, 0.25) is 0 Å². The monoisotopic (exact) mass is 218 g/mol. The summed E-state index contributed by atoms with van der Waals surface area (Å²) in [7, 11) is 0. The van der Waals surface area contributed by atoms with Crippen LogP contribution in [0.15, 0.2) is 18.2 Å². The lowest BCUT2D eigenvalue weighted by molar-refractivity contribution is -0.137. The average molecular weight is 218 g/mol. The number of aryl methyl sites for hydroxylation is 1. The van der Waals surface area contributed by atoms with Crippen molar-refractivity contribution in [3.05, 3.63) is 29.3 Å². The summed E-state index contributed by atoms with van der Waals surface area (Å²) in [5, 5.41) is 18.0. The molecule has 4 nitrogen and oxygen atoms in total. The Morgan fingerprint density at radius 2 is 2.25 bits per heavy atom. The van der Waals surface area contributed by atoms with Gasteiger partial charge in [-0.05, 0) is 37.1 Å². The quantitative estimate of drug-likeness (QED) is 0.758. The molecule has 1 atom stereocenters. The topological polar surface area (TPSA) is 87.1 Å². The number of nitrogen functional groups attached to an aromatic ring is 1. The largest absolute Gasteiger partial charge is 0.481 e. The highest BCUT2D eigenvalue weighted by molar-refractivity contribution is 5.70. The van der Waals surface area contributed by atoms with Gasteiger partial charge in [0.15, 0.2) is 0 Å². The van der Waals surface area contributed by atoms with Gasteiger partial charge in [0.2, 0.25) is 0 Å². The Hall–Kier alpha value is -2.02. The molecule has 3 N–H and O–H groups in total. The molecule has 1 aromatic carbocycles. The number of carboxylic acids is 1. The van der Waals surface area contributed by atoms with Crippen LogP contribution in [0.25, 0.3) is 0 Å². The number of hydrogen-bond acceptors (Lipinski definition) is 3. The van der Waals surface area contributed by atoms with Crippen LogP contribution in [0.5, 0.6) is 0 Å². The fraction of sp³-hybridized carbons (Fsp3) is 0.333. The minimum Gasteiger partial charge on any atom is -0.481 e. The molecule has 0 aromatic heterocycles. The van der Waals surface area contributed by atoms with Crippen molar-refractivity contribution in [2.75, 3.05) is 5.73 Å². The zero-order valence-corrected chi connectivity index (χ0v) is 9.32. The highest BCUT2D eigenvalue weighted by Crippen LogP contribution is 2.30. The molecule has 1 rings (SSSR count). The van der Waals surface area contributed by atoms with Gasteiger partial charge >= 0.3 is 5.97 Å². The van der Waals surface area contributed by atoms with E-state index in [4.69, 9.17) is 16.1 Å². The number of carboxylic acid groups (broad SMARTS) is 1. The summed E-state index contributed by atoms with van der Waals surface area (Å²) >= 11 is 0. The Kier molecular flexibility index (Phi) is 3.19. The molecule has 1 unspecified atom stereocenters. The van der Waals surface area contributed by atoms with Crippen LogP contribution < -0.4 is 5.73 Å². The van der Waals surface area contributed by atoms with Gasteiger partial charge in [-0.25, -0.2) is 0 Å². The van der Waals surface area contributed by atoms with E-state index < -0.39 is 11.4 Å². The molecule has 0 bridgehead atoms. The summed E-state index contributed by atoms with van der Waals surface area (Å²) in [5.74, 6) is -0.995. The third-order valence-corrected chi connectivity index (χ3v) is 2.61. The molecule has 0 heterocycles. The molecule has 84 valence electrons. The zero-order valence-electron chi connectivity index (χ0n) is 9.32. The first-order valence-corrected chi connectivity index (χ1v) is 4.89. The smallest absolute Gasteiger partial charge is 0.305 e. The molecule has 1 aromatic rings. The second kappa shape index (κ2) is 4.23. The predicted octanol–water partition coefficient (Wildman–Crippen LogP) is 1.83. The first-order valence-electron chi connectivity index (χ1n) is 4.89. The van der Waals surface area contributed by atoms with Gasteiger partial charge in [0.05, 0.1) is 17.9 Å². The van der Waals surface area contributed by atoms with Crippen LogP contribution in [0, 0.1) is 18.3 Å². The standard InChI is InChI=1S/C12H14N2O2/c1-8-3-4-9(14)5-10(8)12(2,7-13)6-11(15)16/h3-5H,6,14H2,1-2H3,(H,15,16). The molecule has 4 heteroatoms. The van der Waals surface area contributed by atoms with Crippen molar-refractivity contribution in [1.82, 2.24) is 0 Å². The molecule has 16 heavy (non-hydrogen) atoms. The molecule has 0 saturated carbocycles. The van der Waals surface area contributed by atoms with Gasteiger partial charge in [-0.1, -0.05) is 6.07 Å². The predicted molar refractivity (Wildman–Crippen MR) is 60.8 cm³/mol. The Morgan fingerprint density at radius 3 is 2.75 bits per heavy atom. The van der Waals surface area contributed by atoms with E-state index in [1.807, 2.05) is 6.92 Å². The number of nitrogens with zero attached hydrogens (tertiary/aromatic N) is 1. The van der Waals surface area contributed by atoms with Gasteiger partial charge in [-0.15, -0.1) is 0 Å². The summed E-state index contributed by atoms with van der Waals surface area (Å²) in [4.78, 5) is 10.8. The van der Waals surface area contributed by atoms with Gasteiger partial charge in [-0.2, -0.15) is 5.26 Å². The highest BCUT2D eigenvalue weighted by atomic mass is 16.4. The summed E-state index contributed by atoms with van der Waals surface area (Å²) in [6.45, 7) is 3.45. The number of nitrogens with two attached hydrogens (primary N) is 1. The summed E-state index contributed by atoms with van der Waals surface area (Å²) in [5.41, 5.74) is 6.70. The van der Waals surface area contributed by atoms with E-state index in [9.17, 15) is 4.79 Å². The average Bonchev–Trinajstić information content (AvgIpc) is 2.20. The Morgan fingerprint density at radius 1 is 1.62 bits per heavy atom. The lowest BCUT2D eigenvalue weighted by atomic mass is 9.78. The van der Waals surface area contributed by atoms with E-state index in [2.05, 4.69) is 6.07 Å². The van der Waals surface area contributed by atoms with E-state index in [0.717, 1.165) is 5.56 Å². The molecule has 0 fully saturated rings. The van der Waals surface area contributed by atoms with Gasteiger partial charge < -0.3 is 10.8 Å². The summed E-state index contributed by atoms with van der Waals surface area (Å²) in [6, 6.07) is 7.25. The number of anilines is 1. The van der Waals surface area contributed by atoms with Gasteiger partial charge in [0.25, 0.3) is 0 Å². The minimum absolute atomic E-state index is 0.228. The van der Waals surface area contributed by atoms with Crippen molar-refractivity contribution < 1.29 is 9.90 Å². The molecule has 0 saturated heterocycles. The Labute approximate surface area is 94.3 Å². The van der Waals surface area contributed by atoms with Crippen LogP contribution in [0.4, 0.5) is 5.69 Å². The lowest BCUT2D eigenvalue weighted by Gasteiger charge is -2.22. The van der Waals surface area contributed by atoms with Crippen molar-refractivity contribution in [2.45, 2.75) is 25.7 Å². The number of nitriles is 1. The van der Waals surface area contributed by atoms with E-state index in [-0.39, 0.29) is 6.42 Å². The Bertz CT molecular complexity index is 463. The first kappa shape index (κ1) is 12.1. The highest BCUT2D eigenvalue weighted by Gasteiger charge is 2.31. The van der Waals surface area contributed by atoms with Crippen molar-refractivity contribution in [3.63, 3.8) is 0 Å². The molecule has 0 aliphatic heterocycles. The lowest BCUT2D eigenvalue weighted by Crippen LogP contribution is -2.25. The molecule has 0 aliphatic carbocycles. The van der Waals surface area contributed by atoms with Crippen LogP contribution in [-0.2, 0) is 10.2 Å². The third-order valence-electron chi connectivity index (χ3n) is 2.61. The number of hydrogen-bond donors (Lipinski definition) is 2. The maximum absolute atomic E-state index is 10.8. The molecule has 0 aliphatic rings. The van der Waals surface area contributed by atoms with Gasteiger partial charge in [0, 0.05) is 5.69 Å². The molecule has 0 radical (unpaired) electrons. The van der Waals surface area contributed by atoms with Crippen molar-refractivity contribution >= 4 is 11.7 Å². The van der Waals surface area contributed by atoms with E-state index in [0.29, 0.717) is 11.3 Å². The fourth-order valence-corrected chi connectivity index (χ4v) is 1.73. The fourth-order valence-electron chi connectivity index (χ4n) is 1.73. The minimum atomic E-state index is -1.04. The van der Waals surface area contributed by atoms with E-state index >= 15 is 0 Å². The van der Waals surface area contributed by atoms with Gasteiger partial charge in [0.1, 0.15) is 0 Å². The van der Waals surface area contributed by atoms with E-state index in [1.54, 1.807) is 25.1 Å². The van der Waals surface area contributed by atoms with Gasteiger partial charge in [-0.3, -0.25) is 4.79 Å². The molecular weight excluding hydrogens is 204 g/mol. The van der Waals surface area contributed by atoms with Crippen LogP contribution in [-0.4, -0.2) is 11.1 Å². The van der Waals surface area contributed by atoms with Crippen LogP contribution in [0.1, 0.15) is 24.5 Å². The van der Waals surface area contributed by atoms with Crippen molar-refractivity contribution in [2.24, 2.45) is 0 Å². The van der Waals surface area contributed by atoms with E-state index in [1.165, 1.54) is 0 Å². The summed E-state index contributed by atoms with van der Waals surface area (Å²) in [6.07, 6.45) is -0.228. The number of carbonyl (C=O) groups is 1. The number of rotatable bonds is 3. The maximum atomic E-state index is 10.8. The summed E-state index contributed by atoms with van der Waals surface area (Å²) < 4.78 is 0. The van der Waals surface area contributed by atoms with Crippen LogP contribution >= 0.6 is 0 Å². The second-order valence-corrected chi connectivity index (χ2v) is 4.09.